The predicted octanol–water partition coefficient (Wildman–Crippen LogP) is 3.87. The van der Waals surface area contributed by atoms with Crippen LogP contribution in [0.3, 0.4) is 0 Å². The highest BCUT2D eigenvalue weighted by Crippen LogP contribution is 2.22. The van der Waals surface area contributed by atoms with Crippen molar-refractivity contribution in [3.05, 3.63) is 76.5 Å². The predicted molar refractivity (Wildman–Crippen MR) is 113 cm³/mol. The molecular formula is C23H29N3O2. The summed E-state index contributed by atoms with van der Waals surface area (Å²) in [7, 11) is 0. The van der Waals surface area contributed by atoms with E-state index in [0.717, 1.165) is 11.1 Å². The molecule has 5 nitrogen and oxygen atoms in total. The Kier molecular flexibility index (Phi) is 6.75. The second-order valence-electron chi connectivity index (χ2n) is 8.13. The second-order valence-corrected chi connectivity index (χ2v) is 8.13. The van der Waals surface area contributed by atoms with Gasteiger partial charge in [-0.1, -0.05) is 71.0 Å². The molecule has 0 aliphatic heterocycles. The zero-order valence-electron chi connectivity index (χ0n) is 17.2. The molecule has 0 heterocycles. The summed E-state index contributed by atoms with van der Waals surface area (Å²) < 4.78 is 0. The summed E-state index contributed by atoms with van der Waals surface area (Å²) >= 11 is 0. The molecule has 0 unspecified atom stereocenters. The van der Waals surface area contributed by atoms with Gasteiger partial charge in [-0.2, -0.15) is 0 Å². The molecule has 148 valence electrons. The van der Waals surface area contributed by atoms with E-state index in [4.69, 9.17) is 5.84 Å². The van der Waals surface area contributed by atoms with Gasteiger partial charge in [-0.05, 0) is 46.2 Å². The second kappa shape index (κ2) is 8.85. The van der Waals surface area contributed by atoms with Gasteiger partial charge in [-0.25, -0.2) is 5.84 Å². The van der Waals surface area contributed by atoms with E-state index in [1.54, 1.807) is 18.2 Å². The maximum absolute atomic E-state index is 12.6. The minimum Gasteiger partial charge on any atom is -0.317 e. The third-order valence-corrected chi connectivity index (χ3v) is 4.55. The molecule has 2 rings (SSSR count). The first-order valence-corrected chi connectivity index (χ1v) is 9.36. The van der Waals surface area contributed by atoms with Crippen LogP contribution in [0.4, 0.5) is 0 Å². The lowest BCUT2D eigenvalue weighted by molar-refractivity contribution is -0.117. The summed E-state index contributed by atoms with van der Waals surface area (Å²) in [6, 6.07) is 15.2. The van der Waals surface area contributed by atoms with Crippen LogP contribution in [0, 0.1) is 0 Å². The number of hydrazine groups is 1. The van der Waals surface area contributed by atoms with E-state index in [9.17, 15) is 9.59 Å². The van der Waals surface area contributed by atoms with E-state index < -0.39 is 5.91 Å². The Bertz CT molecular complexity index is 858. The number of amides is 2. The van der Waals surface area contributed by atoms with E-state index in [1.165, 1.54) is 5.56 Å². The minimum atomic E-state index is -0.562. The van der Waals surface area contributed by atoms with Crippen LogP contribution < -0.4 is 16.6 Å². The van der Waals surface area contributed by atoms with Gasteiger partial charge in [0.15, 0.2) is 0 Å². The molecule has 0 aliphatic carbocycles. The van der Waals surface area contributed by atoms with Crippen LogP contribution in [-0.4, -0.2) is 11.8 Å². The number of nitrogens with two attached hydrogens (primary N) is 1. The SMILES string of the molecule is CC(C)c1ccc(/C=C(/NC(=O)c2ccc(C(C)(C)C)cc2)C(=O)NN)cc1. The fourth-order valence-electron chi connectivity index (χ4n) is 2.70. The summed E-state index contributed by atoms with van der Waals surface area (Å²) in [6.07, 6.45) is 1.60. The molecule has 2 aromatic carbocycles. The van der Waals surface area contributed by atoms with Gasteiger partial charge in [0.05, 0.1) is 0 Å². The molecule has 0 bridgehead atoms. The van der Waals surface area contributed by atoms with Gasteiger partial charge >= 0.3 is 0 Å². The Balaban J connectivity index is 2.24. The standard InChI is InChI=1S/C23H29N3O2/c1-15(2)17-8-6-16(7-9-17)14-20(22(28)26-24)25-21(27)18-10-12-19(13-11-18)23(3,4)5/h6-15H,24H2,1-5H3,(H,25,27)(H,26,28)/b20-14+. The first kappa shape index (κ1) is 21.4. The molecule has 0 aromatic heterocycles. The number of benzene rings is 2. The zero-order chi connectivity index (χ0) is 20.9. The van der Waals surface area contributed by atoms with Crippen molar-refractivity contribution in [2.24, 2.45) is 5.84 Å². The molecule has 5 heteroatoms. The first-order chi connectivity index (χ1) is 13.1. The molecule has 0 fully saturated rings. The van der Waals surface area contributed by atoms with Gasteiger partial charge in [0, 0.05) is 5.56 Å². The van der Waals surface area contributed by atoms with Crippen molar-refractivity contribution in [1.29, 1.82) is 0 Å². The van der Waals surface area contributed by atoms with E-state index in [-0.39, 0.29) is 17.0 Å². The van der Waals surface area contributed by atoms with E-state index >= 15 is 0 Å². The summed E-state index contributed by atoms with van der Waals surface area (Å²) in [4.78, 5) is 24.7. The quantitative estimate of drug-likeness (QED) is 0.319. The summed E-state index contributed by atoms with van der Waals surface area (Å²) in [6.45, 7) is 10.6. The smallest absolute Gasteiger partial charge is 0.281 e. The van der Waals surface area contributed by atoms with Crippen molar-refractivity contribution in [1.82, 2.24) is 10.7 Å². The van der Waals surface area contributed by atoms with Gasteiger partial charge in [0.25, 0.3) is 11.8 Å². The van der Waals surface area contributed by atoms with Gasteiger partial charge in [-0.3, -0.25) is 15.0 Å². The molecule has 0 saturated carbocycles. The average molecular weight is 380 g/mol. The summed E-state index contributed by atoms with van der Waals surface area (Å²) in [5.41, 5.74) is 5.77. The number of hydrogen-bond donors (Lipinski definition) is 3. The average Bonchev–Trinajstić information content (AvgIpc) is 2.66. The Labute approximate surface area is 167 Å². The summed E-state index contributed by atoms with van der Waals surface area (Å²) in [5, 5.41) is 2.66. The molecule has 2 aromatic rings. The van der Waals surface area contributed by atoms with E-state index in [1.807, 2.05) is 36.4 Å². The Morgan fingerprint density at radius 2 is 1.54 bits per heavy atom. The van der Waals surface area contributed by atoms with Crippen molar-refractivity contribution in [2.75, 3.05) is 0 Å². The number of rotatable bonds is 5. The van der Waals surface area contributed by atoms with Crippen molar-refractivity contribution in [3.8, 4) is 0 Å². The molecule has 2 amide bonds. The molecule has 0 radical (unpaired) electrons. The first-order valence-electron chi connectivity index (χ1n) is 9.36. The van der Waals surface area contributed by atoms with Crippen LogP contribution in [0.1, 0.15) is 67.6 Å². The highest BCUT2D eigenvalue weighted by molar-refractivity contribution is 6.05. The fraction of sp³-hybridized carbons (Fsp3) is 0.304. The van der Waals surface area contributed by atoms with Gasteiger partial charge in [0.1, 0.15) is 5.70 Å². The number of nitrogens with one attached hydrogen (secondary N) is 2. The maximum atomic E-state index is 12.6. The third kappa shape index (κ3) is 5.54. The molecule has 28 heavy (non-hydrogen) atoms. The highest BCUT2D eigenvalue weighted by atomic mass is 16.2. The van der Waals surface area contributed by atoms with Crippen LogP contribution in [0.5, 0.6) is 0 Å². The minimum absolute atomic E-state index is 0.00164. The normalized spacial score (nSPS) is 12.0. The van der Waals surface area contributed by atoms with Crippen molar-refractivity contribution >= 4 is 17.9 Å². The van der Waals surface area contributed by atoms with Gasteiger partial charge in [0.2, 0.25) is 0 Å². The largest absolute Gasteiger partial charge is 0.317 e. The van der Waals surface area contributed by atoms with Crippen LogP contribution in [0.25, 0.3) is 6.08 Å². The number of carbonyl (C=O) groups is 2. The molecule has 4 N–H and O–H groups in total. The topological polar surface area (TPSA) is 84.2 Å². The monoisotopic (exact) mass is 379 g/mol. The van der Waals surface area contributed by atoms with Crippen molar-refractivity contribution in [3.63, 3.8) is 0 Å². The fourth-order valence-corrected chi connectivity index (χ4v) is 2.70. The lowest BCUT2D eigenvalue weighted by Crippen LogP contribution is -2.38. The van der Waals surface area contributed by atoms with Gasteiger partial charge < -0.3 is 5.32 Å². The Morgan fingerprint density at radius 3 is 2.00 bits per heavy atom. The number of hydrogen-bond acceptors (Lipinski definition) is 3. The van der Waals surface area contributed by atoms with Crippen LogP contribution >= 0.6 is 0 Å². The van der Waals surface area contributed by atoms with Crippen molar-refractivity contribution < 1.29 is 9.59 Å². The summed E-state index contributed by atoms with van der Waals surface area (Å²) in [5.74, 6) is 4.77. The lowest BCUT2D eigenvalue weighted by Gasteiger charge is -2.19. The molecule has 0 atom stereocenters. The van der Waals surface area contributed by atoms with E-state index in [0.29, 0.717) is 11.5 Å². The van der Waals surface area contributed by atoms with Gasteiger partial charge in [-0.15, -0.1) is 0 Å². The van der Waals surface area contributed by atoms with E-state index in [2.05, 4.69) is 45.4 Å². The van der Waals surface area contributed by atoms with Crippen LogP contribution in [0.2, 0.25) is 0 Å². The molecule has 0 aliphatic rings. The lowest BCUT2D eigenvalue weighted by atomic mass is 9.87. The Morgan fingerprint density at radius 1 is 0.964 bits per heavy atom. The molecular weight excluding hydrogens is 350 g/mol. The van der Waals surface area contributed by atoms with Crippen LogP contribution in [0.15, 0.2) is 54.2 Å². The number of carbonyl (C=O) groups excluding carboxylic acids is 2. The highest BCUT2D eigenvalue weighted by Gasteiger charge is 2.16. The van der Waals surface area contributed by atoms with Crippen LogP contribution in [-0.2, 0) is 10.2 Å². The molecule has 0 spiro atoms. The Hall–Kier alpha value is -2.92. The molecule has 0 saturated heterocycles. The zero-order valence-corrected chi connectivity index (χ0v) is 17.2. The maximum Gasteiger partial charge on any atom is 0.281 e. The third-order valence-electron chi connectivity index (χ3n) is 4.55. The van der Waals surface area contributed by atoms with Crippen molar-refractivity contribution in [2.45, 2.75) is 46.0 Å².